The van der Waals surface area contributed by atoms with E-state index in [0.717, 1.165) is 11.8 Å². The van der Waals surface area contributed by atoms with Crippen molar-refractivity contribution in [2.75, 3.05) is 12.4 Å². The highest BCUT2D eigenvalue weighted by Gasteiger charge is 2.50. The van der Waals surface area contributed by atoms with Crippen LogP contribution < -0.4 is 11.1 Å². The molecule has 0 saturated carbocycles. The van der Waals surface area contributed by atoms with Crippen molar-refractivity contribution in [1.29, 1.82) is 5.26 Å². The molecular formula is C17H20N4O4S. The van der Waals surface area contributed by atoms with Crippen molar-refractivity contribution in [3.05, 3.63) is 40.7 Å². The van der Waals surface area contributed by atoms with Gasteiger partial charge in [-0.25, -0.2) is 0 Å². The van der Waals surface area contributed by atoms with Crippen LogP contribution in [0.2, 0.25) is 0 Å². The van der Waals surface area contributed by atoms with Crippen LogP contribution in [0.15, 0.2) is 35.1 Å². The second kappa shape index (κ2) is 8.21. The highest BCUT2D eigenvalue weighted by atomic mass is 32.2. The second-order valence-corrected chi connectivity index (χ2v) is 6.86. The van der Waals surface area contributed by atoms with E-state index in [2.05, 4.69) is 16.4 Å². The van der Waals surface area contributed by atoms with E-state index in [1.54, 1.807) is 31.5 Å². The normalized spacial score (nSPS) is 25.2. The number of nitrogens with zero attached hydrogens (tertiary/aromatic N) is 2. The minimum atomic E-state index is -1.69. The van der Waals surface area contributed by atoms with Gasteiger partial charge in [0.15, 0.2) is 0 Å². The van der Waals surface area contributed by atoms with Crippen molar-refractivity contribution in [2.24, 2.45) is 11.7 Å². The molecule has 138 valence electrons. The predicted octanol–water partition coefficient (Wildman–Crippen LogP) is 0.610. The minimum absolute atomic E-state index is 0.0727. The largest absolute Gasteiger partial charge is 0.466 e. The van der Waals surface area contributed by atoms with E-state index >= 15 is 0 Å². The van der Waals surface area contributed by atoms with Crippen LogP contribution in [0, 0.1) is 17.2 Å². The molecule has 1 aromatic heterocycles. The maximum atomic E-state index is 12.6. The lowest BCUT2D eigenvalue weighted by atomic mass is 9.74. The maximum Gasteiger partial charge on any atom is 0.314 e. The van der Waals surface area contributed by atoms with Gasteiger partial charge in [-0.15, -0.1) is 0 Å². The number of hydrogen-bond acceptors (Lipinski definition) is 8. The monoisotopic (exact) mass is 376 g/mol. The van der Waals surface area contributed by atoms with Gasteiger partial charge < -0.3 is 20.9 Å². The third kappa shape index (κ3) is 4.15. The van der Waals surface area contributed by atoms with E-state index in [1.165, 1.54) is 6.92 Å². The third-order valence-corrected chi connectivity index (χ3v) is 4.99. The van der Waals surface area contributed by atoms with Gasteiger partial charge >= 0.3 is 5.97 Å². The number of amides is 1. The number of esters is 1. The molecule has 0 saturated heterocycles. The first-order valence-corrected chi connectivity index (χ1v) is 8.92. The third-order valence-electron chi connectivity index (χ3n) is 3.95. The van der Waals surface area contributed by atoms with Gasteiger partial charge in [0.2, 0.25) is 5.91 Å². The fourth-order valence-electron chi connectivity index (χ4n) is 2.91. The number of thioether (sulfide) groups is 1. The quantitative estimate of drug-likeness (QED) is 0.614. The number of ether oxygens (including phenoxy) is 1. The molecule has 4 N–H and O–H groups in total. The smallest absolute Gasteiger partial charge is 0.314 e. The Kier molecular flexibility index (Phi) is 6.23. The van der Waals surface area contributed by atoms with Crippen LogP contribution in [-0.4, -0.2) is 40.1 Å². The number of aromatic nitrogens is 1. The van der Waals surface area contributed by atoms with Gasteiger partial charge in [-0.05, 0) is 31.5 Å². The summed E-state index contributed by atoms with van der Waals surface area (Å²) in [6.45, 7) is 3.24. The lowest BCUT2D eigenvalue weighted by Crippen LogP contribution is -2.57. The molecule has 2 heterocycles. The predicted molar refractivity (Wildman–Crippen MR) is 95.2 cm³/mol. The Balaban J connectivity index is 2.60. The van der Waals surface area contributed by atoms with Crippen molar-refractivity contribution in [2.45, 2.75) is 25.5 Å². The number of nitrogens with two attached hydrogens (primary N) is 1. The van der Waals surface area contributed by atoms with Crippen LogP contribution in [0.4, 0.5) is 0 Å². The first-order chi connectivity index (χ1) is 12.3. The van der Waals surface area contributed by atoms with Crippen LogP contribution in [0.3, 0.4) is 0 Å². The average molecular weight is 376 g/mol. The highest BCUT2D eigenvalue weighted by molar-refractivity contribution is 8.03. The number of aliphatic hydroxyl groups is 1. The number of rotatable bonds is 6. The van der Waals surface area contributed by atoms with Gasteiger partial charge in [0, 0.05) is 18.3 Å². The molecule has 0 bridgehead atoms. The molecule has 0 spiro atoms. The van der Waals surface area contributed by atoms with Gasteiger partial charge in [-0.3, -0.25) is 14.6 Å². The molecule has 1 aromatic rings. The standard InChI is InChI=1S/C17H20N4O4S/c1-3-25-16(23)14-13(10-4-6-20-7-5-10)11(8-18)15(21-17(14,2)24)26-9-12(19)22/h4-7,13-14,21,24H,3,9H2,1-2H3,(H2,19,22)/t13-,14-,17-/m0/s1. The van der Waals surface area contributed by atoms with Crippen molar-refractivity contribution >= 4 is 23.6 Å². The van der Waals surface area contributed by atoms with Crippen molar-refractivity contribution in [3.8, 4) is 6.07 Å². The molecule has 1 aliphatic heterocycles. The Labute approximate surface area is 155 Å². The van der Waals surface area contributed by atoms with Crippen molar-refractivity contribution in [1.82, 2.24) is 10.3 Å². The lowest BCUT2D eigenvalue weighted by Gasteiger charge is -2.42. The van der Waals surface area contributed by atoms with E-state index in [1.807, 2.05) is 0 Å². The molecule has 0 aromatic carbocycles. The van der Waals surface area contributed by atoms with E-state index in [4.69, 9.17) is 10.5 Å². The van der Waals surface area contributed by atoms with E-state index in [-0.39, 0.29) is 17.9 Å². The Bertz CT molecular complexity index is 758. The van der Waals surface area contributed by atoms with E-state index in [9.17, 15) is 20.0 Å². The Morgan fingerprint density at radius 2 is 2.15 bits per heavy atom. The zero-order valence-electron chi connectivity index (χ0n) is 14.4. The van der Waals surface area contributed by atoms with Crippen LogP contribution in [0.25, 0.3) is 0 Å². The van der Waals surface area contributed by atoms with E-state index in [0.29, 0.717) is 10.6 Å². The summed E-state index contributed by atoms with van der Waals surface area (Å²) in [4.78, 5) is 27.7. The van der Waals surface area contributed by atoms with E-state index < -0.39 is 29.4 Å². The van der Waals surface area contributed by atoms with Crippen LogP contribution in [0.1, 0.15) is 25.3 Å². The zero-order chi connectivity index (χ0) is 19.3. The van der Waals surface area contributed by atoms with Gasteiger partial charge in [0.05, 0.1) is 29.0 Å². The molecule has 1 amide bonds. The fourth-order valence-corrected chi connectivity index (χ4v) is 3.81. The summed E-state index contributed by atoms with van der Waals surface area (Å²) < 4.78 is 5.13. The molecule has 3 atom stereocenters. The summed E-state index contributed by atoms with van der Waals surface area (Å²) in [5, 5.41) is 23.7. The van der Waals surface area contributed by atoms with Crippen LogP contribution in [0.5, 0.6) is 0 Å². The molecular weight excluding hydrogens is 356 g/mol. The first-order valence-electron chi connectivity index (χ1n) is 7.94. The van der Waals surface area contributed by atoms with Gasteiger partial charge in [0.1, 0.15) is 11.6 Å². The molecule has 0 unspecified atom stereocenters. The molecule has 0 aliphatic carbocycles. The van der Waals surface area contributed by atoms with Crippen molar-refractivity contribution < 1.29 is 19.4 Å². The number of allylic oxidation sites excluding steroid dienone is 1. The molecule has 8 nitrogen and oxygen atoms in total. The summed E-state index contributed by atoms with van der Waals surface area (Å²) in [7, 11) is 0. The maximum absolute atomic E-state index is 12.6. The SMILES string of the molecule is CCOC(=O)[C@@H]1[C@@H](c2ccncc2)C(C#N)=C(SCC(N)=O)N[C@@]1(C)O. The number of primary amides is 1. The second-order valence-electron chi connectivity index (χ2n) is 5.87. The number of nitrogens with one attached hydrogen (secondary N) is 1. The zero-order valence-corrected chi connectivity index (χ0v) is 15.2. The molecule has 0 fully saturated rings. The average Bonchev–Trinajstić information content (AvgIpc) is 2.59. The number of pyridine rings is 1. The molecule has 26 heavy (non-hydrogen) atoms. The first kappa shape index (κ1) is 19.8. The number of hydrogen-bond donors (Lipinski definition) is 3. The molecule has 1 aliphatic rings. The van der Waals surface area contributed by atoms with Crippen LogP contribution >= 0.6 is 11.8 Å². The summed E-state index contributed by atoms with van der Waals surface area (Å²) in [6.07, 6.45) is 3.08. The summed E-state index contributed by atoms with van der Waals surface area (Å²) in [5.41, 5.74) is 4.35. The Morgan fingerprint density at radius 3 is 2.69 bits per heavy atom. The molecule has 0 radical (unpaired) electrons. The Hall–Kier alpha value is -2.57. The highest BCUT2D eigenvalue weighted by Crippen LogP contribution is 2.44. The lowest BCUT2D eigenvalue weighted by molar-refractivity contribution is -0.161. The molecule has 9 heteroatoms. The van der Waals surface area contributed by atoms with Gasteiger partial charge in [-0.1, -0.05) is 11.8 Å². The number of carbonyl (C=O) groups is 2. The Morgan fingerprint density at radius 1 is 1.50 bits per heavy atom. The van der Waals surface area contributed by atoms with Gasteiger partial charge in [0.25, 0.3) is 0 Å². The number of nitriles is 1. The molecule has 2 rings (SSSR count). The fraction of sp³-hybridized carbons (Fsp3) is 0.412. The summed E-state index contributed by atoms with van der Waals surface area (Å²) in [5.74, 6) is -3.07. The topological polar surface area (TPSA) is 138 Å². The van der Waals surface area contributed by atoms with Gasteiger partial charge in [-0.2, -0.15) is 5.26 Å². The minimum Gasteiger partial charge on any atom is -0.466 e. The number of carbonyl (C=O) groups excluding carboxylic acids is 2. The summed E-state index contributed by atoms with van der Waals surface area (Å²) >= 11 is 1.01. The summed E-state index contributed by atoms with van der Waals surface area (Å²) in [6, 6.07) is 5.44. The van der Waals surface area contributed by atoms with Crippen LogP contribution in [-0.2, 0) is 14.3 Å². The van der Waals surface area contributed by atoms with Crippen molar-refractivity contribution in [3.63, 3.8) is 0 Å².